The zero-order valence-corrected chi connectivity index (χ0v) is 22.6. The first kappa shape index (κ1) is 25.7. The van der Waals surface area contributed by atoms with Gasteiger partial charge in [0.25, 0.3) is 0 Å². The summed E-state index contributed by atoms with van der Waals surface area (Å²) < 4.78 is 5.94. The van der Waals surface area contributed by atoms with E-state index in [4.69, 9.17) is 10.00 Å². The van der Waals surface area contributed by atoms with Crippen molar-refractivity contribution in [2.45, 2.75) is 90.4 Å². The lowest BCUT2D eigenvalue weighted by Crippen LogP contribution is -2.64. The van der Waals surface area contributed by atoms with Crippen LogP contribution in [-0.2, 0) is 14.3 Å². The Labute approximate surface area is 214 Å². The third-order valence-electron chi connectivity index (χ3n) is 11.0. The largest absolute Gasteiger partial charge is 0.391 e. The molecule has 5 fully saturated rings. The summed E-state index contributed by atoms with van der Waals surface area (Å²) >= 11 is 1.03. The molecule has 4 saturated carbocycles. The number of Topliss-reactive ketones (excluding diaryl/α,β-unsaturated/α-hetero) is 2. The molecule has 0 spiro atoms. The van der Waals surface area contributed by atoms with E-state index in [-0.39, 0.29) is 51.9 Å². The number of thioether (sulfide) groups is 1. The summed E-state index contributed by atoms with van der Waals surface area (Å²) in [5.41, 5.74) is -0.592. The number of aliphatic hydroxyl groups excluding tert-OH is 1. The summed E-state index contributed by atoms with van der Waals surface area (Å²) in [4.78, 5) is 29.4. The van der Waals surface area contributed by atoms with E-state index in [1.165, 1.54) is 0 Å². The first-order valence-electron chi connectivity index (χ1n) is 13.6. The van der Waals surface area contributed by atoms with Crippen LogP contribution in [0.3, 0.4) is 0 Å². The minimum Gasteiger partial charge on any atom is -0.391 e. The molecule has 0 amide bonds. The summed E-state index contributed by atoms with van der Waals surface area (Å²) in [6, 6.07) is 0.0696. The zero-order valence-electron chi connectivity index (χ0n) is 21.8. The Balaban J connectivity index is 1.40. The van der Waals surface area contributed by atoms with Crippen LogP contribution in [0.2, 0.25) is 0 Å². The molecule has 0 aromatic heterocycles. The zero-order chi connectivity index (χ0) is 25.2. The van der Waals surface area contributed by atoms with E-state index in [1.807, 2.05) is 5.40 Å². The van der Waals surface area contributed by atoms with Gasteiger partial charge in [-0.1, -0.05) is 13.8 Å². The molecule has 4 aliphatic carbocycles. The Morgan fingerprint density at radius 2 is 1.97 bits per heavy atom. The fourth-order valence-corrected chi connectivity index (χ4v) is 9.95. The number of nitriles is 1. The molecule has 194 valence electrons. The number of hydrogen-bond donors (Lipinski definition) is 1. The lowest BCUT2D eigenvalue weighted by Gasteiger charge is -2.62. The van der Waals surface area contributed by atoms with Crippen molar-refractivity contribution in [2.75, 3.05) is 25.4 Å². The first-order chi connectivity index (χ1) is 16.5. The van der Waals surface area contributed by atoms with Gasteiger partial charge in [0.1, 0.15) is 17.0 Å². The molecule has 0 bridgehead atoms. The monoisotopic (exact) mass is 502 g/mol. The molecule has 0 aromatic carbocycles. The van der Waals surface area contributed by atoms with Crippen molar-refractivity contribution in [3.05, 3.63) is 0 Å². The maximum atomic E-state index is 14.0. The minimum absolute atomic E-state index is 0.0331. The fourth-order valence-electron chi connectivity index (χ4n) is 9.54. The lowest BCUT2D eigenvalue weighted by atomic mass is 9.43. The van der Waals surface area contributed by atoms with Crippen molar-refractivity contribution in [3.8, 4) is 5.40 Å². The van der Waals surface area contributed by atoms with Gasteiger partial charge in [0, 0.05) is 37.4 Å². The van der Waals surface area contributed by atoms with E-state index in [0.717, 1.165) is 63.4 Å². The minimum atomic E-state index is -0.353. The Hall–Kier alpha value is -0.940. The Morgan fingerprint density at radius 1 is 1.20 bits per heavy atom. The molecule has 0 unspecified atom stereocenters. The van der Waals surface area contributed by atoms with Gasteiger partial charge in [0.2, 0.25) is 0 Å². The molecule has 5 aliphatic rings. The van der Waals surface area contributed by atoms with E-state index < -0.39 is 0 Å². The van der Waals surface area contributed by atoms with Gasteiger partial charge in [-0.2, -0.15) is 5.26 Å². The summed E-state index contributed by atoms with van der Waals surface area (Å²) in [7, 11) is 0. The second kappa shape index (κ2) is 9.11. The van der Waals surface area contributed by atoms with E-state index in [1.54, 1.807) is 0 Å². The van der Waals surface area contributed by atoms with Gasteiger partial charge in [0.05, 0.1) is 24.1 Å². The van der Waals surface area contributed by atoms with E-state index in [0.29, 0.717) is 36.6 Å². The molecule has 0 aromatic rings. The number of thiocyanates is 1. The molecular weight excluding hydrogens is 460 g/mol. The number of rotatable bonds is 4. The van der Waals surface area contributed by atoms with Crippen LogP contribution >= 0.6 is 11.8 Å². The molecule has 6 nitrogen and oxygen atoms in total. The number of carbonyl (C=O) groups is 2. The summed E-state index contributed by atoms with van der Waals surface area (Å²) in [5.74, 6) is 1.79. The van der Waals surface area contributed by atoms with Crippen LogP contribution in [0.15, 0.2) is 0 Å². The topological polar surface area (TPSA) is 90.6 Å². The van der Waals surface area contributed by atoms with Crippen molar-refractivity contribution in [1.29, 1.82) is 5.26 Å². The van der Waals surface area contributed by atoms with E-state index >= 15 is 0 Å². The smallest absolute Gasteiger partial charge is 0.147 e. The number of carbonyl (C=O) groups excluding carboxylic acids is 2. The van der Waals surface area contributed by atoms with Crippen LogP contribution in [0, 0.1) is 51.1 Å². The lowest BCUT2D eigenvalue weighted by molar-refractivity contribution is -0.177. The SMILES string of the molecule is CC1(C)CN([C@H]2C[C@@]3(C)[C@@H](CC[C@H]4[C@@H]5CC[C@H](C(=O)CSC#N)[C@@]5(C)CC(=O)[C@@H]43)C[C@@H]2O)CCO1. The quantitative estimate of drug-likeness (QED) is 0.580. The van der Waals surface area contributed by atoms with Gasteiger partial charge in [-0.15, -0.1) is 0 Å². The number of aliphatic hydroxyl groups is 1. The predicted molar refractivity (Wildman–Crippen MR) is 135 cm³/mol. The van der Waals surface area contributed by atoms with Crippen molar-refractivity contribution in [2.24, 2.45) is 40.4 Å². The van der Waals surface area contributed by atoms with Crippen molar-refractivity contribution >= 4 is 23.3 Å². The number of hydrogen-bond acceptors (Lipinski definition) is 7. The van der Waals surface area contributed by atoms with E-state index in [2.05, 4.69) is 32.6 Å². The highest BCUT2D eigenvalue weighted by molar-refractivity contribution is 8.04. The highest BCUT2D eigenvalue weighted by atomic mass is 32.2. The first-order valence-corrected chi connectivity index (χ1v) is 14.6. The number of fused-ring (bicyclic) bond motifs is 5. The van der Waals surface area contributed by atoms with Gasteiger partial charge in [-0.05, 0) is 92.7 Å². The summed E-state index contributed by atoms with van der Waals surface area (Å²) in [5, 5.41) is 22.2. The average molecular weight is 503 g/mol. The Kier molecular flexibility index (Phi) is 6.69. The molecule has 7 heteroatoms. The van der Waals surface area contributed by atoms with Crippen molar-refractivity contribution < 1.29 is 19.4 Å². The van der Waals surface area contributed by atoms with Crippen LogP contribution < -0.4 is 0 Å². The van der Waals surface area contributed by atoms with Gasteiger partial charge in [-0.25, -0.2) is 0 Å². The number of nitrogens with zero attached hydrogens (tertiary/aromatic N) is 2. The summed E-state index contributed by atoms with van der Waals surface area (Å²) in [6.45, 7) is 11.1. The maximum Gasteiger partial charge on any atom is 0.147 e. The second-order valence-corrected chi connectivity index (χ2v) is 14.1. The average Bonchev–Trinajstić information content (AvgIpc) is 3.13. The third-order valence-corrected chi connectivity index (χ3v) is 11.5. The molecule has 1 aliphatic heterocycles. The fraction of sp³-hybridized carbons (Fsp3) is 0.893. The van der Waals surface area contributed by atoms with Crippen LogP contribution in [-0.4, -0.2) is 64.8 Å². The molecule has 1 saturated heterocycles. The number of ether oxygens (including phenoxy) is 1. The summed E-state index contributed by atoms with van der Waals surface area (Å²) in [6.07, 6.45) is 5.76. The van der Waals surface area contributed by atoms with E-state index in [9.17, 15) is 14.7 Å². The molecule has 1 N–H and O–H groups in total. The molecule has 0 radical (unpaired) electrons. The molecule has 9 atom stereocenters. The van der Waals surface area contributed by atoms with Crippen molar-refractivity contribution in [1.82, 2.24) is 4.90 Å². The van der Waals surface area contributed by atoms with Gasteiger partial charge < -0.3 is 9.84 Å². The van der Waals surface area contributed by atoms with Crippen LogP contribution in [0.25, 0.3) is 0 Å². The Morgan fingerprint density at radius 3 is 2.69 bits per heavy atom. The predicted octanol–water partition coefficient (Wildman–Crippen LogP) is 4.06. The van der Waals surface area contributed by atoms with Crippen LogP contribution in [0.5, 0.6) is 0 Å². The molecule has 1 heterocycles. The van der Waals surface area contributed by atoms with Crippen LogP contribution in [0.4, 0.5) is 0 Å². The normalized spacial score (nSPS) is 47.3. The highest BCUT2D eigenvalue weighted by Crippen LogP contribution is 2.66. The Bertz CT molecular complexity index is 917. The standard InChI is InChI=1S/C28H42N2O4S/c1-26(2)15-30(9-10-34-26)21-12-27(3)17(11-22(21)31)5-6-18-19-7-8-20(24(33)14-35-16-29)28(19,4)13-23(32)25(18)27/h17-22,25,31H,5-15H2,1-4H3/t17-,18-,19-,20+,21-,22-,25+,27-,28-/m0/s1. The molecular formula is C28H42N2O4S. The second-order valence-electron chi connectivity index (χ2n) is 13.3. The van der Waals surface area contributed by atoms with Gasteiger partial charge >= 0.3 is 0 Å². The number of ketones is 2. The number of morpholine rings is 1. The van der Waals surface area contributed by atoms with Crippen molar-refractivity contribution in [3.63, 3.8) is 0 Å². The van der Waals surface area contributed by atoms with Gasteiger partial charge in [-0.3, -0.25) is 14.5 Å². The third kappa shape index (κ3) is 4.21. The van der Waals surface area contributed by atoms with Crippen LogP contribution in [0.1, 0.15) is 72.6 Å². The van der Waals surface area contributed by atoms with Gasteiger partial charge in [0.15, 0.2) is 0 Å². The molecule has 35 heavy (non-hydrogen) atoms. The highest BCUT2D eigenvalue weighted by Gasteiger charge is 2.65. The molecule has 5 rings (SSSR count). The maximum absolute atomic E-state index is 14.0.